The topological polar surface area (TPSA) is 42.4 Å². The van der Waals surface area contributed by atoms with E-state index >= 15 is 0 Å². The predicted octanol–water partition coefficient (Wildman–Crippen LogP) is 3.62. The van der Waals surface area contributed by atoms with E-state index in [1.165, 1.54) is 5.56 Å². The number of rotatable bonds is 6. The van der Waals surface area contributed by atoms with Crippen LogP contribution in [0.4, 0.5) is 0 Å². The van der Waals surface area contributed by atoms with Gasteiger partial charge >= 0.3 is 0 Å². The van der Waals surface area contributed by atoms with E-state index in [4.69, 9.17) is 4.74 Å². The molecule has 0 aliphatic carbocycles. The van der Waals surface area contributed by atoms with Crippen molar-refractivity contribution in [3.8, 4) is 0 Å². The van der Waals surface area contributed by atoms with Gasteiger partial charge in [-0.3, -0.25) is 9.78 Å². The molecule has 0 N–H and O–H groups in total. The van der Waals surface area contributed by atoms with E-state index < -0.39 is 0 Å². The van der Waals surface area contributed by atoms with E-state index in [0.29, 0.717) is 19.8 Å². The van der Waals surface area contributed by atoms with Gasteiger partial charge in [0.05, 0.1) is 18.6 Å². The average Bonchev–Trinajstić information content (AvgIpc) is 3.21. The molecule has 1 aliphatic rings. The molecule has 132 valence electrons. The maximum atomic E-state index is 13.1. The van der Waals surface area contributed by atoms with Crippen molar-refractivity contribution in [3.05, 3.63) is 65.5 Å². The largest absolute Gasteiger partial charge is 0.381 e. The maximum absolute atomic E-state index is 13.1. The van der Waals surface area contributed by atoms with Crippen molar-refractivity contribution in [1.82, 2.24) is 9.88 Å². The molecule has 1 aromatic carbocycles. The summed E-state index contributed by atoms with van der Waals surface area (Å²) in [7, 11) is 0. The summed E-state index contributed by atoms with van der Waals surface area (Å²) in [6.07, 6.45) is 5.45. The molecule has 4 nitrogen and oxygen atoms in total. The van der Waals surface area contributed by atoms with Crippen molar-refractivity contribution >= 4 is 5.91 Å². The van der Waals surface area contributed by atoms with Crippen LogP contribution in [0.25, 0.3) is 0 Å². The molecule has 1 saturated heterocycles. The monoisotopic (exact) mass is 338 g/mol. The molecule has 1 aliphatic heterocycles. The van der Waals surface area contributed by atoms with Gasteiger partial charge in [0.1, 0.15) is 0 Å². The van der Waals surface area contributed by atoms with Crippen molar-refractivity contribution in [3.63, 3.8) is 0 Å². The first-order valence-electron chi connectivity index (χ1n) is 9.11. The number of ether oxygens (including phenoxy) is 1. The Kier molecular flexibility index (Phi) is 5.82. The van der Waals surface area contributed by atoms with Crippen LogP contribution in [-0.2, 0) is 16.0 Å². The SMILES string of the molecule is CCc1ccc([C@H](c2cccnc2)N(CC)C(=O)[C@H]2CCOC2)cc1. The standard InChI is InChI=1S/C21H26N2O2/c1-3-16-7-9-17(10-8-16)20(18-6-5-12-22-14-18)23(4-2)21(24)19-11-13-25-15-19/h5-10,12,14,19-20H,3-4,11,13,15H2,1-2H3/t19-,20+/m0/s1. The Hall–Kier alpha value is -2.20. The molecule has 1 aromatic heterocycles. The molecule has 0 spiro atoms. The first-order valence-corrected chi connectivity index (χ1v) is 9.11. The summed E-state index contributed by atoms with van der Waals surface area (Å²) in [6.45, 7) is 6.05. The van der Waals surface area contributed by atoms with Gasteiger partial charge in [-0.1, -0.05) is 37.3 Å². The number of benzene rings is 1. The fourth-order valence-electron chi connectivity index (χ4n) is 3.46. The van der Waals surface area contributed by atoms with Crippen molar-refractivity contribution in [2.75, 3.05) is 19.8 Å². The van der Waals surface area contributed by atoms with Crippen LogP contribution in [0.2, 0.25) is 0 Å². The van der Waals surface area contributed by atoms with Gasteiger partial charge in [-0.2, -0.15) is 0 Å². The highest BCUT2D eigenvalue weighted by Gasteiger charge is 2.32. The lowest BCUT2D eigenvalue weighted by Crippen LogP contribution is -2.39. The van der Waals surface area contributed by atoms with E-state index in [2.05, 4.69) is 36.2 Å². The Balaban J connectivity index is 1.98. The third kappa shape index (κ3) is 3.90. The average molecular weight is 338 g/mol. The minimum Gasteiger partial charge on any atom is -0.381 e. The molecule has 0 radical (unpaired) electrons. The van der Waals surface area contributed by atoms with Crippen LogP contribution in [0, 0.1) is 5.92 Å². The van der Waals surface area contributed by atoms with E-state index in [0.717, 1.165) is 24.0 Å². The van der Waals surface area contributed by atoms with Gasteiger partial charge in [-0.15, -0.1) is 0 Å². The van der Waals surface area contributed by atoms with Crippen LogP contribution in [0.5, 0.6) is 0 Å². The second-order valence-electron chi connectivity index (χ2n) is 6.47. The number of aromatic nitrogens is 1. The second-order valence-corrected chi connectivity index (χ2v) is 6.47. The Bertz CT molecular complexity index is 679. The molecular weight excluding hydrogens is 312 g/mol. The van der Waals surface area contributed by atoms with Crippen molar-refractivity contribution in [2.45, 2.75) is 32.7 Å². The molecule has 0 unspecified atom stereocenters. The predicted molar refractivity (Wildman–Crippen MR) is 98.2 cm³/mol. The zero-order chi connectivity index (χ0) is 17.6. The van der Waals surface area contributed by atoms with Crippen LogP contribution in [0.1, 0.15) is 43.0 Å². The molecule has 3 rings (SSSR count). The Morgan fingerprint density at radius 2 is 2.04 bits per heavy atom. The van der Waals surface area contributed by atoms with E-state index in [1.807, 2.05) is 30.2 Å². The van der Waals surface area contributed by atoms with E-state index in [1.54, 1.807) is 6.20 Å². The van der Waals surface area contributed by atoms with Gasteiger partial charge in [0.15, 0.2) is 0 Å². The summed E-state index contributed by atoms with van der Waals surface area (Å²) < 4.78 is 5.43. The van der Waals surface area contributed by atoms with Gasteiger partial charge in [0.25, 0.3) is 0 Å². The normalized spacial score (nSPS) is 18.1. The van der Waals surface area contributed by atoms with Gasteiger partial charge < -0.3 is 9.64 Å². The van der Waals surface area contributed by atoms with E-state index in [9.17, 15) is 4.79 Å². The number of carbonyl (C=O) groups excluding carboxylic acids is 1. The number of amides is 1. The zero-order valence-electron chi connectivity index (χ0n) is 15.0. The summed E-state index contributed by atoms with van der Waals surface area (Å²) in [6, 6.07) is 12.4. The van der Waals surface area contributed by atoms with Crippen LogP contribution >= 0.6 is 0 Å². The minimum absolute atomic E-state index is 0.0333. The highest BCUT2D eigenvalue weighted by molar-refractivity contribution is 5.80. The summed E-state index contributed by atoms with van der Waals surface area (Å²) in [4.78, 5) is 19.4. The number of hydrogen-bond donors (Lipinski definition) is 0. The second kappa shape index (κ2) is 8.26. The van der Waals surface area contributed by atoms with Crippen LogP contribution < -0.4 is 0 Å². The first-order chi connectivity index (χ1) is 12.2. The van der Waals surface area contributed by atoms with Gasteiger partial charge in [0, 0.05) is 25.5 Å². The quantitative estimate of drug-likeness (QED) is 0.808. The molecule has 4 heteroatoms. The van der Waals surface area contributed by atoms with Crippen LogP contribution in [0.3, 0.4) is 0 Å². The zero-order valence-corrected chi connectivity index (χ0v) is 15.0. The molecule has 1 amide bonds. The Morgan fingerprint density at radius 1 is 1.24 bits per heavy atom. The number of carbonyl (C=O) groups is 1. The molecule has 25 heavy (non-hydrogen) atoms. The number of nitrogens with zero attached hydrogens (tertiary/aromatic N) is 2. The number of hydrogen-bond acceptors (Lipinski definition) is 3. The summed E-state index contributed by atoms with van der Waals surface area (Å²) >= 11 is 0. The lowest BCUT2D eigenvalue weighted by molar-refractivity contribution is -0.137. The van der Waals surface area contributed by atoms with Crippen molar-refractivity contribution in [1.29, 1.82) is 0 Å². The summed E-state index contributed by atoms with van der Waals surface area (Å²) in [5, 5.41) is 0. The van der Waals surface area contributed by atoms with Crippen LogP contribution in [0.15, 0.2) is 48.8 Å². The summed E-state index contributed by atoms with van der Waals surface area (Å²) in [5.41, 5.74) is 3.47. The lowest BCUT2D eigenvalue weighted by Gasteiger charge is -2.33. The molecule has 2 atom stereocenters. The van der Waals surface area contributed by atoms with Crippen molar-refractivity contribution < 1.29 is 9.53 Å². The van der Waals surface area contributed by atoms with Crippen molar-refractivity contribution in [2.24, 2.45) is 5.92 Å². The van der Waals surface area contributed by atoms with Gasteiger partial charge in [-0.25, -0.2) is 0 Å². The Morgan fingerprint density at radius 3 is 2.60 bits per heavy atom. The van der Waals surface area contributed by atoms with Gasteiger partial charge in [0.2, 0.25) is 5.91 Å². The molecule has 2 heterocycles. The number of pyridine rings is 1. The third-order valence-corrected chi connectivity index (χ3v) is 4.92. The fraction of sp³-hybridized carbons (Fsp3) is 0.429. The van der Waals surface area contributed by atoms with Gasteiger partial charge in [-0.05, 0) is 42.5 Å². The van der Waals surface area contributed by atoms with E-state index in [-0.39, 0.29) is 17.9 Å². The Labute approximate surface area is 149 Å². The molecule has 1 fully saturated rings. The highest BCUT2D eigenvalue weighted by atomic mass is 16.5. The number of aryl methyl sites for hydroxylation is 1. The lowest BCUT2D eigenvalue weighted by atomic mass is 9.95. The molecular formula is C21H26N2O2. The highest BCUT2D eigenvalue weighted by Crippen LogP contribution is 2.31. The molecule has 0 bridgehead atoms. The fourth-order valence-corrected chi connectivity index (χ4v) is 3.46. The minimum atomic E-state index is -0.113. The third-order valence-electron chi connectivity index (χ3n) is 4.92. The molecule has 2 aromatic rings. The maximum Gasteiger partial charge on any atom is 0.228 e. The smallest absolute Gasteiger partial charge is 0.228 e. The summed E-state index contributed by atoms with van der Waals surface area (Å²) in [5.74, 6) is 0.141. The first kappa shape index (κ1) is 17.6. The molecule has 0 saturated carbocycles. The van der Waals surface area contributed by atoms with Crippen LogP contribution in [-0.4, -0.2) is 35.5 Å².